The minimum Gasteiger partial charge on any atom is -0.456 e. The van der Waals surface area contributed by atoms with Crippen LogP contribution < -0.4 is 0 Å². The Bertz CT molecular complexity index is 3870. The number of furan rings is 1. The van der Waals surface area contributed by atoms with Gasteiger partial charge in [-0.05, 0) is 112 Å². The Balaban J connectivity index is 0.970. The molecule has 0 amide bonds. The van der Waals surface area contributed by atoms with E-state index in [4.69, 9.17) is 4.42 Å². The van der Waals surface area contributed by atoms with E-state index in [1.54, 1.807) is 0 Å². The van der Waals surface area contributed by atoms with Crippen molar-refractivity contribution in [2.24, 2.45) is 0 Å². The molecule has 0 atom stereocenters. The third-order valence-corrected chi connectivity index (χ3v) is 12.7. The van der Waals surface area contributed by atoms with Gasteiger partial charge in [-0.3, -0.25) is 0 Å². The molecule has 13 aromatic rings. The zero-order valence-corrected chi connectivity index (χ0v) is 33.1. The van der Waals surface area contributed by atoms with Crippen molar-refractivity contribution >= 4 is 76.3 Å². The van der Waals surface area contributed by atoms with Crippen LogP contribution in [-0.4, -0.2) is 9.13 Å². The average molecular weight is 777 g/mol. The SMILES string of the molecule is c1ccc(-c2cccc(-n3c4ccccc4c4cc(-c5cccc6oc7ccc(-c8ccc9c(c8)c8ccc%10ccccc%10c8n9-c8ccccc8)cc7c56)ccc43)c2)cc1. The van der Waals surface area contributed by atoms with Crippen LogP contribution in [0.25, 0.3) is 121 Å². The summed E-state index contributed by atoms with van der Waals surface area (Å²) in [6.45, 7) is 0. The number of para-hydroxylation sites is 2. The first-order valence-electron chi connectivity index (χ1n) is 20.9. The van der Waals surface area contributed by atoms with Gasteiger partial charge in [0.15, 0.2) is 0 Å². The van der Waals surface area contributed by atoms with Crippen LogP contribution in [0.3, 0.4) is 0 Å². The van der Waals surface area contributed by atoms with Gasteiger partial charge in [-0.2, -0.15) is 0 Å². The van der Waals surface area contributed by atoms with Gasteiger partial charge in [0.25, 0.3) is 0 Å². The molecule has 0 fully saturated rings. The van der Waals surface area contributed by atoms with Gasteiger partial charge in [-0.1, -0.05) is 146 Å². The number of hydrogen-bond donors (Lipinski definition) is 0. The van der Waals surface area contributed by atoms with Gasteiger partial charge in [0.1, 0.15) is 11.2 Å². The Morgan fingerprint density at radius 3 is 1.77 bits per heavy atom. The Hall–Kier alpha value is -8.14. The zero-order valence-electron chi connectivity index (χ0n) is 33.1. The van der Waals surface area contributed by atoms with Crippen LogP contribution in [0.15, 0.2) is 223 Å². The van der Waals surface area contributed by atoms with E-state index in [1.807, 2.05) is 0 Å². The summed E-state index contributed by atoms with van der Waals surface area (Å²) in [6, 6.07) is 79.2. The first kappa shape index (κ1) is 33.8. The van der Waals surface area contributed by atoms with Gasteiger partial charge in [0.2, 0.25) is 0 Å². The summed E-state index contributed by atoms with van der Waals surface area (Å²) in [5.74, 6) is 0. The predicted molar refractivity (Wildman–Crippen MR) is 256 cm³/mol. The molecule has 0 N–H and O–H groups in total. The molecule has 0 spiro atoms. The molecular formula is C58H36N2O. The van der Waals surface area contributed by atoms with E-state index in [0.717, 1.165) is 50.0 Å². The van der Waals surface area contributed by atoms with E-state index in [0.29, 0.717) is 0 Å². The normalized spacial score (nSPS) is 11.9. The number of aromatic nitrogens is 2. The van der Waals surface area contributed by atoms with E-state index in [9.17, 15) is 0 Å². The summed E-state index contributed by atoms with van der Waals surface area (Å²) in [5.41, 5.74) is 15.9. The molecule has 3 nitrogen and oxygen atoms in total. The second-order valence-electron chi connectivity index (χ2n) is 16.1. The molecule has 3 heteroatoms. The molecule has 0 aliphatic carbocycles. The Labute approximate surface area is 351 Å². The zero-order chi connectivity index (χ0) is 40.0. The first-order valence-corrected chi connectivity index (χ1v) is 20.9. The molecule has 13 rings (SSSR count). The maximum atomic E-state index is 6.59. The highest BCUT2D eigenvalue weighted by Crippen LogP contribution is 2.43. The molecule has 61 heavy (non-hydrogen) atoms. The summed E-state index contributed by atoms with van der Waals surface area (Å²) in [6.07, 6.45) is 0. The smallest absolute Gasteiger partial charge is 0.136 e. The fourth-order valence-corrected chi connectivity index (χ4v) is 9.93. The molecule has 0 saturated heterocycles. The van der Waals surface area contributed by atoms with Gasteiger partial charge >= 0.3 is 0 Å². The van der Waals surface area contributed by atoms with Crippen molar-refractivity contribution in [2.45, 2.75) is 0 Å². The van der Waals surface area contributed by atoms with Crippen LogP contribution in [0.2, 0.25) is 0 Å². The van der Waals surface area contributed by atoms with Gasteiger partial charge in [-0.25, -0.2) is 0 Å². The fourth-order valence-electron chi connectivity index (χ4n) is 9.93. The number of hydrogen-bond acceptors (Lipinski definition) is 1. The maximum Gasteiger partial charge on any atom is 0.136 e. The van der Waals surface area contributed by atoms with Crippen molar-refractivity contribution in [1.82, 2.24) is 9.13 Å². The summed E-state index contributed by atoms with van der Waals surface area (Å²) < 4.78 is 11.4. The standard InChI is InChI=1S/C58H36N2O/c1-3-13-37(14-4-1)39-16-11-19-44(33-39)59-52-23-10-9-21-47(52)49-36-42(27-31-53(49)59)45-22-12-24-56-57(45)51-35-41(28-32-55(51)61-56)40-26-30-54-50(34-40)48-29-25-38-15-7-8-20-46(38)58(48)60(54)43-17-5-2-6-18-43/h1-36H. The summed E-state index contributed by atoms with van der Waals surface area (Å²) >= 11 is 0. The van der Waals surface area contributed by atoms with E-state index in [2.05, 4.69) is 228 Å². The largest absolute Gasteiger partial charge is 0.456 e. The third-order valence-electron chi connectivity index (χ3n) is 12.7. The molecular weight excluding hydrogens is 741 g/mol. The molecule has 3 aromatic heterocycles. The van der Waals surface area contributed by atoms with E-state index in [-0.39, 0.29) is 0 Å². The van der Waals surface area contributed by atoms with Crippen LogP contribution >= 0.6 is 0 Å². The van der Waals surface area contributed by atoms with Crippen molar-refractivity contribution in [3.05, 3.63) is 218 Å². The molecule has 0 bridgehead atoms. The van der Waals surface area contributed by atoms with E-state index < -0.39 is 0 Å². The maximum absolute atomic E-state index is 6.59. The molecule has 284 valence electrons. The Kier molecular flexibility index (Phi) is 7.31. The van der Waals surface area contributed by atoms with Gasteiger partial charge in [0.05, 0.1) is 22.1 Å². The highest BCUT2D eigenvalue weighted by atomic mass is 16.3. The highest BCUT2D eigenvalue weighted by Gasteiger charge is 2.19. The average Bonchev–Trinajstić information content (AvgIpc) is 3.99. The van der Waals surface area contributed by atoms with Crippen molar-refractivity contribution in [2.75, 3.05) is 0 Å². The Morgan fingerprint density at radius 2 is 0.902 bits per heavy atom. The van der Waals surface area contributed by atoms with Crippen LogP contribution in [0.4, 0.5) is 0 Å². The molecule has 0 aliphatic heterocycles. The summed E-state index contributed by atoms with van der Waals surface area (Å²) in [4.78, 5) is 0. The fraction of sp³-hybridized carbons (Fsp3) is 0. The molecule has 0 radical (unpaired) electrons. The lowest BCUT2D eigenvalue weighted by Crippen LogP contribution is -1.94. The molecule has 3 heterocycles. The van der Waals surface area contributed by atoms with E-state index >= 15 is 0 Å². The predicted octanol–water partition coefficient (Wildman–Crippen LogP) is 15.9. The second kappa shape index (κ2) is 13.2. The molecule has 0 saturated carbocycles. The lowest BCUT2D eigenvalue weighted by molar-refractivity contribution is 0.669. The highest BCUT2D eigenvalue weighted by molar-refractivity contribution is 6.20. The van der Waals surface area contributed by atoms with Crippen LogP contribution in [0.5, 0.6) is 0 Å². The first-order chi connectivity index (χ1) is 30.2. The topological polar surface area (TPSA) is 23.0 Å². The summed E-state index contributed by atoms with van der Waals surface area (Å²) in [7, 11) is 0. The third kappa shape index (κ3) is 5.17. The monoisotopic (exact) mass is 776 g/mol. The van der Waals surface area contributed by atoms with Gasteiger partial charge < -0.3 is 13.6 Å². The number of fused-ring (bicyclic) bond motifs is 11. The summed E-state index contributed by atoms with van der Waals surface area (Å²) in [5, 5.41) is 9.67. The minimum atomic E-state index is 0.885. The lowest BCUT2D eigenvalue weighted by Gasteiger charge is -2.11. The van der Waals surface area contributed by atoms with Crippen molar-refractivity contribution < 1.29 is 4.42 Å². The van der Waals surface area contributed by atoms with Gasteiger partial charge in [-0.15, -0.1) is 0 Å². The quantitative estimate of drug-likeness (QED) is 0.171. The number of rotatable bonds is 5. The van der Waals surface area contributed by atoms with Crippen molar-refractivity contribution in [3.63, 3.8) is 0 Å². The van der Waals surface area contributed by atoms with Crippen molar-refractivity contribution in [3.8, 4) is 44.8 Å². The lowest BCUT2D eigenvalue weighted by atomic mass is 9.96. The van der Waals surface area contributed by atoms with Crippen LogP contribution in [0, 0.1) is 0 Å². The second-order valence-corrected chi connectivity index (χ2v) is 16.1. The van der Waals surface area contributed by atoms with E-state index in [1.165, 1.54) is 71.1 Å². The molecule has 0 unspecified atom stereocenters. The molecule has 10 aromatic carbocycles. The minimum absolute atomic E-state index is 0.885. The number of benzene rings is 10. The van der Waals surface area contributed by atoms with Gasteiger partial charge in [0, 0.05) is 49.1 Å². The molecule has 0 aliphatic rings. The number of nitrogens with zero attached hydrogens (tertiary/aromatic N) is 2. The van der Waals surface area contributed by atoms with Crippen LogP contribution in [-0.2, 0) is 0 Å². The van der Waals surface area contributed by atoms with Crippen molar-refractivity contribution in [1.29, 1.82) is 0 Å². The Morgan fingerprint density at radius 1 is 0.295 bits per heavy atom. The van der Waals surface area contributed by atoms with Crippen LogP contribution in [0.1, 0.15) is 0 Å².